The van der Waals surface area contributed by atoms with Crippen LogP contribution in [-0.4, -0.2) is 89.1 Å². The van der Waals surface area contributed by atoms with Crippen LogP contribution in [0.1, 0.15) is 45.1 Å². The maximum atomic E-state index is 11.6. The number of carbonyl (C=O) groups is 2. The van der Waals surface area contributed by atoms with Crippen LogP contribution in [0, 0.1) is 11.3 Å². The van der Waals surface area contributed by atoms with Gasteiger partial charge in [0.2, 0.25) is 11.8 Å². The van der Waals surface area contributed by atoms with Gasteiger partial charge < -0.3 is 20.4 Å². The van der Waals surface area contributed by atoms with E-state index in [9.17, 15) is 9.59 Å². The molecule has 0 bridgehead atoms. The molecule has 0 aromatic carbocycles. The highest BCUT2D eigenvalue weighted by Crippen LogP contribution is 2.27. The van der Waals surface area contributed by atoms with Crippen LogP contribution in [0.3, 0.4) is 0 Å². The summed E-state index contributed by atoms with van der Waals surface area (Å²) in [5, 5.41) is 24.9. The maximum Gasteiger partial charge on any atom is 0.219 e. The average Bonchev–Trinajstić information content (AvgIpc) is 3.80. The Hall–Kier alpha value is -6.29. The molecule has 0 spiro atoms. The third kappa shape index (κ3) is 7.71. The topological polar surface area (TPSA) is 149 Å². The second kappa shape index (κ2) is 15.3. The summed E-state index contributed by atoms with van der Waals surface area (Å²) in [4.78, 5) is 36.3. The predicted molar refractivity (Wildman–Crippen MR) is 199 cm³/mol. The Kier molecular flexibility index (Phi) is 10.1. The Morgan fingerprint density at radius 1 is 0.712 bits per heavy atom. The first-order valence-corrected chi connectivity index (χ1v) is 17.6. The summed E-state index contributed by atoms with van der Waals surface area (Å²) in [6.07, 6.45) is 11.2. The lowest BCUT2D eigenvalue weighted by Crippen LogP contribution is -2.44. The van der Waals surface area contributed by atoms with Crippen LogP contribution in [0.4, 0.5) is 11.6 Å². The number of anilines is 2. The lowest BCUT2D eigenvalue weighted by molar-refractivity contribution is -0.130. The molecule has 6 aromatic heterocycles. The number of nitriles is 1. The van der Waals surface area contributed by atoms with E-state index in [0.29, 0.717) is 18.2 Å². The molecule has 2 aliphatic heterocycles. The molecule has 13 nitrogen and oxygen atoms in total. The summed E-state index contributed by atoms with van der Waals surface area (Å²) in [6, 6.07) is 24.1. The Morgan fingerprint density at radius 3 is 2.00 bits per heavy atom. The molecule has 2 amide bonds. The van der Waals surface area contributed by atoms with Crippen molar-refractivity contribution in [2.45, 2.75) is 51.6 Å². The molecule has 2 saturated heterocycles. The molecular formula is C39H41N11O2. The van der Waals surface area contributed by atoms with E-state index in [4.69, 9.17) is 15.2 Å². The second-order valence-electron chi connectivity index (χ2n) is 13.2. The van der Waals surface area contributed by atoms with E-state index < -0.39 is 0 Å². The van der Waals surface area contributed by atoms with E-state index in [2.05, 4.69) is 26.9 Å². The van der Waals surface area contributed by atoms with Crippen molar-refractivity contribution in [2.24, 2.45) is 0 Å². The van der Waals surface area contributed by atoms with Gasteiger partial charge in [-0.05, 0) is 74.2 Å². The van der Waals surface area contributed by atoms with Gasteiger partial charge in [0.05, 0.1) is 46.4 Å². The molecule has 1 atom stereocenters. The largest absolute Gasteiger partial charge is 0.367 e. The number of rotatable bonds is 6. The van der Waals surface area contributed by atoms with Crippen molar-refractivity contribution in [1.29, 1.82) is 5.26 Å². The maximum absolute atomic E-state index is 11.6. The first-order chi connectivity index (χ1) is 25.3. The number of hydrogen-bond acceptors (Lipinski definition) is 9. The number of pyridine rings is 4. The van der Waals surface area contributed by atoms with Crippen molar-refractivity contribution >= 4 is 34.5 Å². The normalized spacial score (nSPS) is 16.2. The van der Waals surface area contributed by atoms with Crippen LogP contribution >= 0.6 is 0 Å². The van der Waals surface area contributed by atoms with Crippen molar-refractivity contribution in [3.8, 4) is 28.6 Å². The van der Waals surface area contributed by atoms with Gasteiger partial charge in [0, 0.05) is 75.6 Å². The molecule has 0 radical (unpaired) electrons. The van der Waals surface area contributed by atoms with E-state index in [1.54, 1.807) is 36.8 Å². The molecular weight excluding hydrogens is 655 g/mol. The predicted octanol–water partition coefficient (Wildman–Crippen LogP) is 5.51. The molecule has 264 valence electrons. The van der Waals surface area contributed by atoms with Crippen molar-refractivity contribution in [1.82, 2.24) is 39.0 Å². The summed E-state index contributed by atoms with van der Waals surface area (Å²) in [5.41, 5.74) is 6.09. The number of amides is 2. The van der Waals surface area contributed by atoms with Gasteiger partial charge in [-0.25, -0.2) is 19.0 Å². The zero-order valence-corrected chi connectivity index (χ0v) is 29.3. The number of aromatic nitrogens is 6. The Labute approximate surface area is 301 Å². The van der Waals surface area contributed by atoms with Crippen LogP contribution in [0.5, 0.6) is 0 Å². The first-order valence-electron chi connectivity index (χ1n) is 17.6. The summed E-state index contributed by atoms with van der Waals surface area (Å²) in [7, 11) is 0. The number of nitrogens with zero attached hydrogens (tertiary/aromatic N) is 9. The third-order valence-electron chi connectivity index (χ3n) is 9.64. The van der Waals surface area contributed by atoms with Gasteiger partial charge in [0.1, 0.15) is 11.6 Å². The number of nitrogens with one attached hydrogen (secondary N) is 2. The summed E-state index contributed by atoms with van der Waals surface area (Å²) < 4.78 is 3.60. The summed E-state index contributed by atoms with van der Waals surface area (Å²) in [5.74, 6) is 1.92. The molecule has 52 heavy (non-hydrogen) atoms. The van der Waals surface area contributed by atoms with E-state index >= 15 is 0 Å². The van der Waals surface area contributed by atoms with Crippen molar-refractivity contribution in [3.05, 3.63) is 97.1 Å². The van der Waals surface area contributed by atoms with E-state index in [-0.39, 0.29) is 17.9 Å². The fourth-order valence-corrected chi connectivity index (χ4v) is 6.85. The Balaban J connectivity index is 0.000000162. The fourth-order valence-electron chi connectivity index (χ4n) is 6.85. The van der Waals surface area contributed by atoms with Gasteiger partial charge in [0.15, 0.2) is 0 Å². The van der Waals surface area contributed by atoms with Gasteiger partial charge in [-0.1, -0.05) is 18.2 Å². The molecule has 2 fully saturated rings. The van der Waals surface area contributed by atoms with Crippen LogP contribution in [0.2, 0.25) is 0 Å². The number of piperidine rings is 2. The Bertz CT molecular complexity index is 2250. The lowest BCUT2D eigenvalue weighted by atomic mass is 10.1. The SMILES string of the molecule is CC(=O)N1CCC(Nc2cccc(-c3cnn4ccccc34)n2)CC1.CC(=O)N1CCCC(Nc2cccc(-c3cnn4ccc(C#N)cc34)n2)C1. The molecule has 8 rings (SSSR count). The number of carbonyl (C=O) groups excluding carboxylic acids is 2. The smallest absolute Gasteiger partial charge is 0.219 e. The summed E-state index contributed by atoms with van der Waals surface area (Å²) in [6.45, 7) is 6.38. The molecule has 13 heteroatoms. The molecule has 1 unspecified atom stereocenters. The fraction of sp³-hybridized carbons (Fsp3) is 0.308. The minimum absolute atomic E-state index is 0.114. The summed E-state index contributed by atoms with van der Waals surface area (Å²) >= 11 is 0. The minimum Gasteiger partial charge on any atom is -0.367 e. The quantitative estimate of drug-likeness (QED) is 0.230. The molecule has 2 N–H and O–H groups in total. The molecule has 2 aliphatic rings. The van der Waals surface area contributed by atoms with E-state index in [1.807, 2.05) is 87.4 Å². The highest BCUT2D eigenvalue weighted by atomic mass is 16.2. The van der Waals surface area contributed by atoms with Crippen molar-refractivity contribution < 1.29 is 9.59 Å². The standard InChI is InChI=1S/C20H20N6O.C19H21N5O/c1-14(27)25-8-3-4-16(13-25)23-20-6-2-5-18(24-20)17-12-22-26-9-7-15(11-21)10-19(17)26;1-14(25)23-11-8-15(9-12-23)21-19-7-4-5-17(22-19)16-13-20-24-10-3-2-6-18(16)24/h2,5-7,9-10,12,16H,3-4,8,13H2,1H3,(H,23,24);2-7,10,13,15H,8-9,11-12H2,1H3,(H,21,22). The first kappa shape index (κ1) is 34.2. The molecule has 8 heterocycles. The zero-order chi connectivity index (χ0) is 36.0. The van der Waals surface area contributed by atoms with Gasteiger partial charge in [-0.3, -0.25) is 9.59 Å². The van der Waals surface area contributed by atoms with Crippen molar-refractivity contribution in [3.63, 3.8) is 0 Å². The third-order valence-corrected chi connectivity index (χ3v) is 9.64. The average molecular weight is 696 g/mol. The van der Waals surface area contributed by atoms with Gasteiger partial charge in [-0.15, -0.1) is 0 Å². The van der Waals surface area contributed by atoms with Crippen LogP contribution < -0.4 is 10.6 Å². The second-order valence-corrected chi connectivity index (χ2v) is 13.2. The van der Waals surface area contributed by atoms with Crippen LogP contribution in [-0.2, 0) is 9.59 Å². The molecule has 0 saturated carbocycles. The van der Waals surface area contributed by atoms with E-state index in [0.717, 1.165) is 90.5 Å². The van der Waals surface area contributed by atoms with Crippen LogP contribution in [0.25, 0.3) is 33.5 Å². The van der Waals surface area contributed by atoms with Gasteiger partial charge in [0.25, 0.3) is 0 Å². The lowest BCUT2D eigenvalue weighted by Gasteiger charge is -2.32. The highest BCUT2D eigenvalue weighted by Gasteiger charge is 2.23. The number of fused-ring (bicyclic) bond motifs is 2. The molecule has 0 aliphatic carbocycles. The minimum atomic E-state index is 0.114. The highest BCUT2D eigenvalue weighted by molar-refractivity contribution is 5.80. The van der Waals surface area contributed by atoms with Gasteiger partial charge in [-0.2, -0.15) is 15.5 Å². The Morgan fingerprint density at radius 2 is 1.35 bits per heavy atom. The molecule has 6 aromatic rings. The number of likely N-dealkylation sites (tertiary alicyclic amines) is 2. The van der Waals surface area contributed by atoms with Gasteiger partial charge >= 0.3 is 0 Å². The zero-order valence-electron chi connectivity index (χ0n) is 29.3. The number of hydrogen-bond donors (Lipinski definition) is 2. The van der Waals surface area contributed by atoms with Crippen molar-refractivity contribution in [2.75, 3.05) is 36.8 Å². The van der Waals surface area contributed by atoms with Crippen LogP contribution in [0.15, 0.2) is 91.5 Å². The van der Waals surface area contributed by atoms with E-state index in [1.165, 1.54) is 0 Å². The monoisotopic (exact) mass is 695 g/mol.